The average Bonchev–Trinajstić information content (AvgIpc) is 2.74. The van der Waals surface area contributed by atoms with E-state index < -0.39 is 27.0 Å². The molecule has 9 heteroatoms. The van der Waals surface area contributed by atoms with Crippen molar-refractivity contribution in [3.05, 3.63) is 94.0 Å². The van der Waals surface area contributed by atoms with Crippen molar-refractivity contribution in [2.75, 3.05) is 5.32 Å². The number of imide groups is 1. The molecular formula is C22H18Cl2N2O4S. The lowest BCUT2D eigenvalue weighted by atomic mass is 10.2. The summed E-state index contributed by atoms with van der Waals surface area (Å²) in [6.45, 7) is 1.60. The van der Waals surface area contributed by atoms with E-state index in [2.05, 4.69) is 10.6 Å². The molecule has 31 heavy (non-hydrogen) atoms. The summed E-state index contributed by atoms with van der Waals surface area (Å²) in [4.78, 5) is 24.3. The van der Waals surface area contributed by atoms with Gasteiger partial charge < -0.3 is 5.32 Å². The summed E-state index contributed by atoms with van der Waals surface area (Å²) < 4.78 is 25.8. The van der Waals surface area contributed by atoms with Crippen LogP contribution in [-0.2, 0) is 9.84 Å². The van der Waals surface area contributed by atoms with Gasteiger partial charge in [0.1, 0.15) is 0 Å². The summed E-state index contributed by atoms with van der Waals surface area (Å²) in [5, 5.41) is 4.62. The predicted molar refractivity (Wildman–Crippen MR) is 121 cm³/mol. The van der Waals surface area contributed by atoms with Crippen LogP contribution in [0.1, 0.15) is 28.1 Å². The molecular weight excluding hydrogens is 459 g/mol. The largest absolute Gasteiger partial charge is 0.326 e. The molecule has 2 N–H and O–H groups in total. The van der Waals surface area contributed by atoms with Gasteiger partial charge in [0.2, 0.25) is 0 Å². The average molecular weight is 477 g/mol. The molecule has 0 radical (unpaired) electrons. The van der Waals surface area contributed by atoms with Crippen LogP contribution in [0.4, 0.5) is 10.5 Å². The van der Waals surface area contributed by atoms with Crippen molar-refractivity contribution in [2.45, 2.75) is 17.1 Å². The van der Waals surface area contributed by atoms with Gasteiger partial charge in [-0.05, 0) is 61.0 Å². The van der Waals surface area contributed by atoms with Crippen molar-refractivity contribution in [2.24, 2.45) is 0 Å². The van der Waals surface area contributed by atoms with Crippen molar-refractivity contribution in [3.63, 3.8) is 0 Å². The maximum absolute atomic E-state index is 12.9. The van der Waals surface area contributed by atoms with Crippen molar-refractivity contribution in [3.8, 4) is 0 Å². The Morgan fingerprint density at radius 2 is 1.48 bits per heavy atom. The number of carbonyl (C=O) groups is 2. The Hall–Kier alpha value is -2.87. The van der Waals surface area contributed by atoms with Crippen LogP contribution in [-0.4, -0.2) is 20.4 Å². The second-order valence-corrected chi connectivity index (χ2v) is 9.76. The van der Waals surface area contributed by atoms with E-state index >= 15 is 0 Å². The summed E-state index contributed by atoms with van der Waals surface area (Å²) in [7, 11) is -3.65. The van der Waals surface area contributed by atoms with Crippen molar-refractivity contribution < 1.29 is 18.0 Å². The van der Waals surface area contributed by atoms with Gasteiger partial charge in [0.25, 0.3) is 5.91 Å². The second kappa shape index (κ2) is 9.51. The Labute approximate surface area is 190 Å². The first-order chi connectivity index (χ1) is 14.7. The molecule has 3 aromatic rings. The summed E-state index contributed by atoms with van der Waals surface area (Å²) in [6.07, 6.45) is 0. The molecule has 3 rings (SSSR count). The standard InChI is InChI=1S/C22H18Cl2N2O4S/c1-14(15-6-8-16(23)9-7-15)31(29,30)18-12-10-17(11-13-18)25-22(28)26-21(27)19-4-2-3-5-20(19)24/h2-14H,1H3,(H2,25,26,27,28). The Morgan fingerprint density at radius 1 is 0.871 bits per heavy atom. The minimum Gasteiger partial charge on any atom is -0.308 e. The molecule has 1 atom stereocenters. The van der Waals surface area contributed by atoms with Crippen LogP contribution in [0.15, 0.2) is 77.7 Å². The number of hydrogen-bond donors (Lipinski definition) is 2. The third-order valence-electron chi connectivity index (χ3n) is 4.59. The summed E-state index contributed by atoms with van der Waals surface area (Å²) >= 11 is 11.8. The molecule has 6 nitrogen and oxygen atoms in total. The van der Waals surface area contributed by atoms with Gasteiger partial charge in [-0.25, -0.2) is 13.2 Å². The number of benzene rings is 3. The highest BCUT2D eigenvalue weighted by Crippen LogP contribution is 2.29. The van der Waals surface area contributed by atoms with Gasteiger partial charge in [-0.15, -0.1) is 0 Å². The Morgan fingerprint density at radius 3 is 2.10 bits per heavy atom. The molecule has 0 saturated heterocycles. The number of hydrogen-bond acceptors (Lipinski definition) is 4. The van der Waals surface area contributed by atoms with E-state index in [-0.39, 0.29) is 15.5 Å². The monoisotopic (exact) mass is 476 g/mol. The third kappa shape index (κ3) is 5.44. The van der Waals surface area contributed by atoms with Crippen LogP contribution in [0, 0.1) is 0 Å². The fourth-order valence-corrected chi connectivity index (χ4v) is 4.61. The van der Waals surface area contributed by atoms with Gasteiger partial charge in [0, 0.05) is 10.7 Å². The molecule has 0 aromatic heterocycles. The van der Waals surface area contributed by atoms with E-state index in [1.807, 2.05) is 0 Å². The van der Waals surface area contributed by atoms with E-state index in [0.717, 1.165) is 0 Å². The lowest BCUT2D eigenvalue weighted by Crippen LogP contribution is -2.34. The third-order valence-corrected chi connectivity index (χ3v) is 7.31. The predicted octanol–water partition coefficient (Wildman–Crippen LogP) is 5.49. The van der Waals surface area contributed by atoms with Gasteiger partial charge in [0.15, 0.2) is 9.84 Å². The topological polar surface area (TPSA) is 92.3 Å². The quantitative estimate of drug-likeness (QED) is 0.508. The van der Waals surface area contributed by atoms with Gasteiger partial charge in [-0.2, -0.15) is 0 Å². The normalized spacial score (nSPS) is 12.1. The Kier molecular flexibility index (Phi) is 7.00. The zero-order chi connectivity index (χ0) is 22.6. The van der Waals surface area contributed by atoms with Crippen LogP contribution < -0.4 is 10.6 Å². The van der Waals surface area contributed by atoms with Gasteiger partial charge >= 0.3 is 6.03 Å². The van der Waals surface area contributed by atoms with E-state index in [0.29, 0.717) is 16.3 Å². The number of urea groups is 1. The molecule has 3 aromatic carbocycles. The Balaban J connectivity index is 1.68. The molecule has 0 heterocycles. The van der Waals surface area contributed by atoms with Crippen LogP contribution in [0.3, 0.4) is 0 Å². The number of carbonyl (C=O) groups excluding carboxylic acids is 2. The van der Waals surface area contributed by atoms with E-state index in [4.69, 9.17) is 23.2 Å². The van der Waals surface area contributed by atoms with Gasteiger partial charge in [-0.3, -0.25) is 10.1 Å². The van der Waals surface area contributed by atoms with Crippen LogP contribution in [0.2, 0.25) is 10.0 Å². The molecule has 1 unspecified atom stereocenters. The van der Waals surface area contributed by atoms with E-state index in [1.165, 1.54) is 30.3 Å². The van der Waals surface area contributed by atoms with Crippen molar-refractivity contribution >= 4 is 50.7 Å². The molecule has 3 amide bonds. The molecule has 0 fully saturated rings. The number of nitrogens with one attached hydrogen (secondary N) is 2. The lowest BCUT2D eigenvalue weighted by molar-refractivity contribution is 0.0967. The number of halogens is 2. The maximum Gasteiger partial charge on any atom is 0.326 e. The number of anilines is 1. The number of sulfone groups is 1. The number of rotatable bonds is 5. The minimum atomic E-state index is -3.65. The zero-order valence-electron chi connectivity index (χ0n) is 16.3. The summed E-state index contributed by atoms with van der Waals surface area (Å²) in [5.74, 6) is -0.654. The van der Waals surface area contributed by atoms with Crippen molar-refractivity contribution in [1.29, 1.82) is 0 Å². The van der Waals surface area contributed by atoms with Gasteiger partial charge in [-0.1, -0.05) is 47.5 Å². The summed E-state index contributed by atoms with van der Waals surface area (Å²) in [5.41, 5.74) is 1.10. The van der Waals surface area contributed by atoms with Crippen LogP contribution in [0.5, 0.6) is 0 Å². The SMILES string of the molecule is CC(c1ccc(Cl)cc1)S(=O)(=O)c1ccc(NC(=O)NC(=O)c2ccccc2Cl)cc1. The smallest absolute Gasteiger partial charge is 0.308 e. The van der Waals surface area contributed by atoms with E-state index in [9.17, 15) is 18.0 Å². The first kappa shape index (κ1) is 22.8. The lowest BCUT2D eigenvalue weighted by Gasteiger charge is -2.14. The van der Waals surface area contributed by atoms with Gasteiger partial charge in [0.05, 0.1) is 20.7 Å². The molecule has 0 aliphatic carbocycles. The molecule has 0 aliphatic heterocycles. The first-order valence-corrected chi connectivity index (χ1v) is 11.4. The molecule has 160 valence electrons. The first-order valence-electron chi connectivity index (χ1n) is 9.15. The highest BCUT2D eigenvalue weighted by Gasteiger charge is 2.25. The number of amides is 3. The van der Waals surface area contributed by atoms with Crippen molar-refractivity contribution in [1.82, 2.24) is 5.32 Å². The molecule has 0 bridgehead atoms. The highest BCUT2D eigenvalue weighted by atomic mass is 35.5. The maximum atomic E-state index is 12.9. The zero-order valence-corrected chi connectivity index (χ0v) is 18.6. The minimum absolute atomic E-state index is 0.105. The molecule has 0 aliphatic rings. The second-order valence-electron chi connectivity index (χ2n) is 6.65. The highest BCUT2D eigenvalue weighted by molar-refractivity contribution is 7.91. The molecule has 0 saturated carbocycles. The fraction of sp³-hybridized carbons (Fsp3) is 0.0909. The fourth-order valence-electron chi connectivity index (χ4n) is 2.82. The summed E-state index contributed by atoms with van der Waals surface area (Å²) in [6, 6.07) is 17.9. The Bertz CT molecular complexity index is 1210. The van der Waals surface area contributed by atoms with Crippen LogP contribution >= 0.6 is 23.2 Å². The van der Waals surface area contributed by atoms with E-state index in [1.54, 1.807) is 49.4 Å². The van der Waals surface area contributed by atoms with Crippen LogP contribution in [0.25, 0.3) is 0 Å². The molecule has 0 spiro atoms.